The van der Waals surface area contributed by atoms with Gasteiger partial charge in [-0.1, -0.05) is 12.1 Å². The zero-order valence-electron chi connectivity index (χ0n) is 12.7. The van der Waals surface area contributed by atoms with Crippen molar-refractivity contribution in [1.82, 2.24) is 9.62 Å². The number of hydrogen-bond donors (Lipinski definition) is 1. The number of amides is 1. The van der Waals surface area contributed by atoms with Crippen molar-refractivity contribution in [3.63, 3.8) is 0 Å². The van der Waals surface area contributed by atoms with Crippen LogP contribution in [-0.4, -0.2) is 33.3 Å². The predicted molar refractivity (Wildman–Crippen MR) is 87.5 cm³/mol. The number of sulfonamides is 1. The number of nitrogens with zero attached hydrogens (tertiary/aromatic N) is 1. The van der Waals surface area contributed by atoms with Gasteiger partial charge >= 0.3 is 0 Å². The normalized spacial score (nSPS) is 11.4. The van der Waals surface area contributed by atoms with Crippen molar-refractivity contribution in [2.24, 2.45) is 0 Å². The van der Waals surface area contributed by atoms with Gasteiger partial charge in [0.2, 0.25) is 10.0 Å². The van der Waals surface area contributed by atoms with E-state index in [1.54, 1.807) is 36.3 Å². The molecule has 0 atom stereocenters. The number of aryl methyl sites for hydroxylation is 1. The Hall–Kier alpha value is -1.70. The van der Waals surface area contributed by atoms with Crippen LogP contribution in [0.5, 0.6) is 0 Å². The molecule has 0 unspecified atom stereocenters. The van der Waals surface area contributed by atoms with E-state index in [0.717, 1.165) is 10.4 Å². The second-order valence-electron chi connectivity index (χ2n) is 4.92. The van der Waals surface area contributed by atoms with Gasteiger partial charge in [-0.2, -0.15) is 0 Å². The second kappa shape index (κ2) is 6.60. The van der Waals surface area contributed by atoms with E-state index in [-0.39, 0.29) is 10.8 Å². The third-order valence-electron chi connectivity index (χ3n) is 3.34. The van der Waals surface area contributed by atoms with Crippen LogP contribution in [0.3, 0.4) is 0 Å². The second-order valence-corrected chi connectivity index (χ2v) is 7.84. The first-order chi connectivity index (χ1) is 10.3. The summed E-state index contributed by atoms with van der Waals surface area (Å²) in [5.74, 6) is -0.195. The number of carbonyl (C=O) groups is 1. The van der Waals surface area contributed by atoms with Crippen LogP contribution in [0.25, 0.3) is 0 Å². The fourth-order valence-corrected chi connectivity index (χ4v) is 3.54. The Bertz CT molecular complexity index is 768. The molecule has 0 saturated heterocycles. The van der Waals surface area contributed by atoms with Gasteiger partial charge in [0.25, 0.3) is 5.91 Å². The van der Waals surface area contributed by atoms with E-state index < -0.39 is 10.0 Å². The largest absolute Gasteiger partial charge is 0.337 e. The molecule has 0 spiro atoms. The minimum atomic E-state index is -3.57. The molecule has 5 nitrogen and oxygen atoms in total. The fourth-order valence-electron chi connectivity index (χ4n) is 2.03. The summed E-state index contributed by atoms with van der Waals surface area (Å²) in [5.41, 5.74) is 1.15. The summed E-state index contributed by atoms with van der Waals surface area (Å²) in [4.78, 5) is 15.3. The number of carbonyl (C=O) groups excluding carboxylic acids is 1. The van der Waals surface area contributed by atoms with E-state index in [0.29, 0.717) is 12.1 Å². The highest BCUT2D eigenvalue weighted by Crippen LogP contribution is 2.19. The van der Waals surface area contributed by atoms with E-state index >= 15 is 0 Å². The Morgan fingerprint density at radius 2 is 2.05 bits per heavy atom. The van der Waals surface area contributed by atoms with Crippen LogP contribution in [0.4, 0.5) is 0 Å². The maximum absolute atomic E-state index is 12.6. The van der Waals surface area contributed by atoms with Crippen molar-refractivity contribution < 1.29 is 13.2 Å². The van der Waals surface area contributed by atoms with Crippen LogP contribution in [0.15, 0.2) is 40.6 Å². The van der Waals surface area contributed by atoms with Gasteiger partial charge in [-0.15, -0.1) is 11.3 Å². The van der Waals surface area contributed by atoms with Crippen molar-refractivity contribution in [3.05, 3.63) is 51.7 Å². The minimum Gasteiger partial charge on any atom is -0.337 e. The first-order valence-corrected chi connectivity index (χ1v) is 9.03. The molecule has 0 aliphatic heterocycles. The molecule has 1 heterocycles. The van der Waals surface area contributed by atoms with Gasteiger partial charge in [-0.25, -0.2) is 13.1 Å². The quantitative estimate of drug-likeness (QED) is 0.909. The molecule has 7 heteroatoms. The summed E-state index contributed by atoms with van der Waals surface area (Å²) >= 11 is 1.58. The monoisotopic (exact) mass is 338 g/mol. The number of nitrogens with one attached hydrogen (secondary N) is 1. The maximum Gasteiger partial charge on any atom is 0.254 e. The van der Waals surface area contributed by atoms with Gasteiger partial charge < -0.3 is 4.90 Å². The predicted octanol–water partition coefficient (Wildman–Crippen LogP) is 2.24. The number of benzene rings is 1. The molecule has 2 rings (SSSR count). The molecule has 22 heavy (non-hydrogen) atoms. The first-order valence-electron chi connectivity index (χ1n) is 6.67. The van der Waals surface area contributed by atoms with Gasteiger partial charge in [-0.05, 0) is 43.1 Å². The Labute approximate surface area is 134 Å². The summed E-state index contributed by atoms with van der Waals surface area (Å²) in [6, 6.07) is 8.47. The standard InChI is InChI=1S/C15H18N2O3S2/c1-11-6-7-13(22(19,20)16-2)9-14(11)15(18)17(3)10-12-5-4-8-21-12/h4-9,16H,10H2,1-3H3. The maximum atomic E-state index is 12.6. The summed E-state index contributed by atoms with van der Waals surface area (Å²) in [5, 5.41) is 1.96. The molecule has 0 fully saturated rings. The van der Waals surface area contributed by atoms with Crippen LogP contribution in [-0.2, 0) is 16.6 Å². The molecule has 0 aliphatic rings. The lowest BCUT2D eigenvalue weighted by atomic mass is 10.1. The summed E-state index contributed by atoms with van der Waals surface area (Å²) in [6.45, 7) is 2.29. The molecule has 1 N–H and O–H groups in total. The zero-order valence-corrected chi connectivity index (χ0v) is 14.3. The highest BCUT2D eigenvalue weighted by molar-refractivity contribution is 7.89. The van der Waals surface area contributed by atoms with Crippen LogP contribution >= 0.6 is 11.3 Å². The SMILES string of the molecule is CNS(=O)(=O)c1ccc(C)c(C(=O)N(C)Cc2cccs2)c1. The molecule has 0 saturated carbocycles. The van der Waals surface area contributed by atoms with Gasteiger partial charge in [0.1, 0.15) is 0 Å². The fraction of sp³-hybridized carbons (Fsp3) is 0.267. The molecule has 118 valence electrons. The molecular formula is C15H18N2O3S2. The Morgan fingerprint density at radius 1 is 1.32 bits per heavy atom. The Morgan fingerprint density at radius 3 is 2.64 bits per heavy atom. The van der Waals surface area contributed by atoms with E-state index in [9.17, 15) is 13.2 Å². The highest BCUT2D eigenvalue weighted by Gasteiger charge is 2.19. The van der Waals surface area contributed by atoms with Gasteiger partial charge in [0.05, 0.1) is 11.4 Å². The lowest BCUT2D eigenvalue weighted by molar-refractivity contribution is 0.0785. The van der Waals surface area contributed by atoms with Crippen molar-refractivity contribution in [3.8, 4) is 0 Å². The van der Waals surface area contributed by atoms with Gasteiger partial charge in [-0.3, -0.25) is 4.79 Å². The van der Waals surface area contributed by atoms with Gasteiger partial charge in [0.15, 0.2) is 0 Å². The number of thiophene rings is 1. The molecule has 0 bridgehead atoms. The molecule has 1 aromatic carbocycles. The lowest BCUT2D eigenvalue weighted by Crippen LogP contribution is -2.27. The molecule has 1 aromatic heterocycles. The lowest BCUT2D eigenvalue weighted by Gasteiger charge is -2.18. The van der Waals surface area contributed by atoms with Crippen molar-refractivity contribution in [2.45, 2.75) is 18.4 Å². The third kappa shape index (κ3) is 3.55. The summed E-state index contributed by atoms with van der Waals surface area (Å²) in [7, 11) is -0.509. The van der Waals surface area contributed by atoms with Crippen LogP contribution in [0.2, 0.25) is 0 Å². The molecule has 1 amide bonds. The first kappa shape index (κ1) is 16.7. The van der Waals surface area contributed by atoms with E-state index in [1.165, 1.54) is 19.2 Å². The average molecular weight is 338 g/mol. The average Bonchev–Trinajstić information content (AvgIpc) is 2.99. The molecular weight excluding hydrogens is 320 g/mol. The highest BCUT2D eigenvalue weighted by atomic mass is 32.2. The number of hydrogen-bond acceptors (Lipinski definition) is 4. The van der Waals surface area contributed by atoms with Crippen LogP contribution in [0.1, 0.15) is 20.8 Å². The van der Waals surface area contributed by atoms with Crippen molar-refractivity contribution in [2.75, 3.05) is 14.1 Å². The molecule has 0 radical (unpaired) electrons. The topological polar surface area (TPSA) is 66.5 Å². The molecule has 2 aromatic rings. The third-order valence-corrected chi connectivity index (χ3v) is 5.61. The Balaban J connectivity index is 2.31. The van der Waals surface area contributed by atoms with E-state index in [1.807, 2.05) is 17.5 Å². The minimum absolute atomic E-state index is 0.0912. The van der Waals surface area contributed by atoms with Crippen LogP contribution < -0.4 is 4.72 Å². The van der Waals surface area contributed by atoms with E-state index in [2.05, 4.69) is 4.72 Å². The smallest absolute Gasteiger partial charge is 0.254 e. The summed E-state index contributed by atoms with van der Waals surface area (Å²) in [6.07, 6.45) is 0. The Kier molecular flexibility index (Phi) is 5.00. The summed E-state index contributed by atoms with van der Waals surface area (Å²) < 4.78 is 26.0. The van der Waals surface area contributed by atoms with Crippen LogP contribution in [0, 0.1) is 6.92 Å². The van der Waals surface area contributed by atoms with Crippen molar-refractivity contribution in [1.29, 1.82) is 0 Å². The van der Waals surface area contributed by atoms with E-state index in [4.69, 9.17) is 0 Å². The molecule has 0 aliphatic carbocycles. The van der Waals surface area contributed by atoms with Gasteiger partial charge in [0, 0.05) is 17.5 Å². The zero-order chi connectivity index (χ0) is 16.3. The number of rotatable bonds is 5. The van der Waals surface area contributed by atoms with Crippen molar-refractivity contribution >= 4 is 27.3 Å².